The molecule has 4 nitrogen and oxygen atoms in total. The van der Waals surface area contributed by atoms with E-state index in [9.17, 15) is 0 Å². The fourth-order valence-corrected chi connectivity index (χ4v) is 2.52. The highest BCUT2D eigenvalue weighted by molar-refractivity contribution is 9.10. The third kappa shape index (κ3) is 3.35. The average molecular weight is 336 g/mol. The Labute approximate surface area is 127 Å². The average Bonchev–Trinajstić information content (AvgIpc) is 2.47. The molecule has 0 fully saturated rings. The fourth-order valence-electron chi connectivity index (χ4n) is 1.98. The summed E-state index contributed by atoms with van der Waals surface area (Å²) >= 11 is 3.49. The van der Waals surface area contributed by atoms with Crippen molar-refractivity contribution in [1.82, 2.24) is 9.97 Å². The summed E-state index contributed by atoms with van der Waals surface area (Å²) < 4.78 is 6.15. The molecule has 2 aromatic rings. The topological polar surface area (TPSA) is 61.0 Å². The highest BCUT2D eigenvalue weighted by Crippen LogP contribution is 2.30. The summed E-state index contributed by atoms with van der Waals surface area (Å²) in [6, 6.07) is 7.82. The van der Waals surface area contributed by atoms with E-state index in [0.717, 1.165) is 33.7 Å². The van der Waals surface area contributed by atoms with Gasteiger partial charge >= 0.3 is 0 Å². The molecule has 1 atom stereocenters. The molecule has 0 saturated heterocycles. The maximum atomic E-state index is 5.59. The largest absolute Gasteiger partial charge is 0.496 e. The van der Waals surface area contributed by atoms with E-state index in [0.29, 0.717) is 6.54 Å². The standard InChI is InChI=1S/C15H18BrN3O/c1-10(5-7-17)15-18-8-6-13(19-15)11-3-4-14(20-2)12(16)9-11/h3-4,6,8-10H,5,7,17H2,1-2H3. The second-order valence-corrected chi connectivity index (χ2v) is 5.48. The van der Waals surface area contributed by atoms with E-state index >= 15 is 0 Å². The number of hydrogen-bond acceptors (Lipinski definition) is 4. The first kappa shape index (κ1) is 14.9. The Bertz CT molecular complexity index is 589. The van der Waals surface area contributed by atoms with Crippen molar-refractivity contribution in [1.29, 1.82) is 0 Å². The van der Waals surface area contributed by atoms with Gasteiger partial charge in [-0.3, -0.25) is 0 Å². The lowest BCUT2D eigenvalue weighted by Gasteiger charge is -2.10. The number of nitrogens with zero attached hydrogens (tertiary/aromatic N) is 2. The van der Waals surface area contributed by atoms with Crippen LogP contribution >= 0.6 is 15.9 Å². The molecular formula is C15H18BrN3O. The van der Waals surface area contributed by atoms with Crippen molar-refractivity contribution in [3.63, 3.8) is 0 Å². The van der Waals surface area contributed by atoms with Gasteiger partial charge in [-0.2, -0.15) is 0 Å². The number of benzene rings is 1. The Kier molecular flexibility index (Phi) is 5.09. The Hall–Kier alpha value is -1.46. The van der Waals surface area contributed by atoms with E-state index < -0.39 is 0 Å². The van der Waals surface area contributed by atoms with Crippen LogP contribution < -0.4 is 10.5 Å². The van der Waals surface area contributed by atoms with Crippen molar-refractivity contribution in [3.05, 3.63) is 40.8 Å². The maximum Gasteiger partial charge on any atom is 0.133 e. The van der Waals surface area contributed by atoms with E-state index in [1.807, 2.05) is 24.3 Å². The van der Waals surface area contributed by atoms with Gasteiger partial charge in [-0.25, -0.2) is 9.97 Å². The molecular weight excluding hydrogens is 318 g/mol. The van der Waals surface area contributed by atoms with Crippen LogP contribution in [0.25, 0.3) is 11.3 Å². The Morgan fingerprint density at radius 2 is 2.15 bits per heavy atom. The molecule has 0 aliphatic carbocycles. The van der Waals surface area contributed by atoms with Gasteiger partial charge in [0.15, 0.2) is 0 Å². The van der Waals surface area contributed by atoms with E-state index in [1.54, 1.807) is 13.3 Å². The van der Waals surface area contributed by atoms with Crippen molar-refractivity contribution in [2.24, 2.45) is 5.73 Å². The minimum atomic E-state index is 0.265. The van der Waals surface area contributed by atoms with Crippen LogP contribution in [0.3, 0.4) is 0 Å². The zero-order chi connectivity index (χ0) is 14.5. The van der Waals surface area contributed by atoms with Crippen LogP contribution in [0.5, 0.6) is 5.75 Å². The van der Waals surface area contributed by atoms with E-state index in [1.165, 1.54) is 0 Å². The van der Waals surface area contributed by atoms with Crippen molar-refractivity contribution < 1.29 is 4.74 Å². The third-order valence-electron chi connectivity index (χ3n) is 3.16. The second kappa shape index (κ2) is 6.81. The molecule has 1 aromatic heterocycles. The van der Waals surface area contributed by atoms with E-state index in [4.69, 9.17) is 10.5 Å². The van der Waals surface area contributed by atoms with Crippen LogP contribution in [0.4, 0.5) is 0 Å². The molecule has 0 amide bonds. The fraction of sp³-hybridized carbons (Fsp3) is 0.333. The summed E-state index contributed by atoms with van der Waals surface area (Å²) in [5, 5.41) is 0. The molecule has 106 valence electrons. The predicted octanol–water partition coefficient (Wildman–Crippen LogP) is 3.37. The molecule has 1 unspecified atom stereocenters. The molecule has 0 aliphatic heterocycles. The lowest BCUT2D eigenvalue weighted by Crippen LogP contribution is -2.08. The molecule has 0 radical (unpaired) electrons. The minimum absolute atomic E-state index is 0.265. The number of methoxy groups -OCH3 is 1. The first-order valence-corrected chi connectivity index (χ1v) is 7.32. The number of ether oxygens (including phenoxy) is 1. The van der Waals surface area contributed by atoms with Gasteiger partial charge < -0.3 is 10.5 Å². The predicted molar refractivity (Wildman–Crippen MR) is 83.8 cm³/mol. The lowest BCUT2D eigenvalue weighted by molar-refractivity contribution is 0.412. The quantitative estimate of drug-likeness (QED) is 0.909. The van der Waals surface area contributed by atoms with Crippen LogP contribution in [0.15, 0.2) is 34.9 Å². The molecule has 0 spiro atoms. The summed E-state index contributed by atoms with van der Waals surface area (Å²) in [6.07, 6.45) is 2.68. The summed E-state index contributed by atoms with van der Waals surface area (Å²) in [6.45, 7) is 2.73. The van der Waals surface area contributed by atoms with Gasteiger partial charge in [-0.1, -0.05) is 6.92 Å². The lowest BCUT2D eigenvalue weighted by atomic mass is 10.1. The zero-order valence-electron chi connectivity index (χ0n) is 11.6. The van der Waals surface area contributed by atoms with Gasteiger partial charge in [0, 0.05) is 17.7 Å². The summed E-state index contributed by atoms with van der Waals surface area (Å²) in [5.41, 5.74) is 7.53. The van der Waals surface area contributed by atoms with Crippen LogP contribution in [0.2, 0.25) is 0 Å². The summed E-state index contributed by atoms with van der Waals surface area (Å²) in [7, 11) is 1.65. The van der Waals surface area contributed by atoms with Gasteiger partial charge in [-0.05, 0) is 53.2 Å². The Morgan fingerprint density at radius 1 is 1.35 bits per heavy atom. The summed E-state index contributed by atoms with van der Waals surface area (Å²) in [5.74, 6) is 1.90. The molecule has 0 aliphatic rings. The third-order valence-corrected chi connectivity index (χ3v) is 3.78. The van der Waals surface area contributed by atoms with Crippen LogP contribution in [0, 0.1) is 0 Å². The highest BCUT2D eigenvalue weighted by Gasteiger charge is 2.10. The molecule has 20 heavy (non-hydrogen) atoms. The van der Waals surface area contributed by atoms with Gasteiger partial charge in [0.05, 0.1) is 17.3 Å². The molecule has 0 saturated carbocycles. The first-order valence-electron chi connectivity index (χ1n) is 6.52. The van der Waals surface area contributed by atoms with Crippen LogP contribution in [-0.4, -0.2) is 23.6 Å². The number of aromatic nitrogens is 2. The number of rotatable bonds is 5. The number of halogens is 1. The number of nitrogens with two attached hydrogens (primary N) is 1. The molecule has 5 heteroatoms. The van der Waals surface area contributed by atoms with E-state index in [2.05, 4.69) is 32.8 Å². The van der Waals surface area contributed by atoms with Gasteiger partial charge in [0.1, 0.15) is 11.6 Å². The van der Waals surface area contributed by atoms with Gasteiger partial charge in [-0.15, -0.1) is 0 Å². The van der Waals surface area contributed by atoms with Gasteiger partial charge in [0.25, 0.3) is 0 Å². The second-order valence-electron chi connectivity index (χ2n) is 4.63. The number of hydrogen-bond donors (Lipinski definition) is 1. The molecule has 0 bridgehead atoms. The van der Waals surface area contributed by atoms with Gasteiger partial charge in [0.2, 0.25) is 0 Å². The van der Waals surface area contributed by atoms with Crippen molar-refractivity contribution in [3.8, 4) is 17.0 Å². The molecule has 2 N–H and O–H groups in total. The molecule has 1 heterocycles. The Balaban J connectivity index is 2.33. The van der Waals surface area contributed by atoms with Crippen molar-refractivity contribution >= 4 is 15.9 Å². The van der Waals surface area contributed by atoms with Crippen molar-refractivity contribution in [2.45, 2.75) is 19.3 Å². The monoisotopic (exact) mass is 335 g/mol. The normalized spacial score (nSPS) is 12.2. The smallest absolute Gasteiger partial charge is 0.133 e. The van der Waals surface area contributed by atoms with E-state index in [-0.39, 0.29) is 5.92 Å². The molecule has 2 rings (SSSR count). The maximum absolute atomic E-state index is 5.59. The van der Waals surface area contributed by atoms with Crippen molar-refractivity contribution in [2.75, 3.05) is 13.7 Å². The first-order chi connectivity index (χ1) is 9.65. The molecule has 1 aromatic carbocycles. The zero-order valence-corrected chi connectivity index (χ0v) is 13.2. The highest BCUT2D eigenvalue weighted by atomic mass is 79.9. The van der Waals surface area contributed by atoms with Crippen LogP contribution in [-0.2, 0) is 0 Å². The Morgan fingerprint density at radius 3 is 2.80 bits per heavy atom. The minimum Gasteiger partial charge on any atom is -0.496 e. The summed E-state index contributed by atoms with van der Waals surface area (Å²) in [4.78, 5) is 8.97. The van der Waals surface area contributed by atoms with Crippen LogP contribution in [0.1, 0.15) is 25.1 Å². The SMILES string of the molecule is COc1ccc(-c2ccnc(C(C)CCN)n2)cc1Br.